The van der Waals surface area contributed by atoms with E-state index in [1.54, 1.807) is 0 Å². The SMILES string of the molecule is CCc1c(Cl)ncnc1-c1cc(C)ccc1C. The van der Waals surface area contributed by atoms with E-state index >= 15 is 0 Å². The van der Waals surface area contributed by atoms with Crippen LogP contribution in [0.4, 0.5) is 0 Å². The molecule has 1 heterocycles. The second-order valence-electron chi connectivity index (χ2n) is 4.16. The van der Waals surface area contributed by atoms with E-state index in [0.29, 0.717) is 5.15 Å². The van der Waals surface area contributed by atoms with E-state index in [-0.39, 0.29) is 0 Å². The predicted octanol–water partition coefficient (Wildman–Crippen LogP) is 3.98. The number of hydrogen-bond donors (Lipinski definition) is 0. The van der Waals surface area contributed by atoms with Crippen LogP contribution in [0.5, 0.6) is 0 Å². The fourth-order valence-electron chi connectivity index (χ4n) is 1.93. The van der Waals surface area contributed by atoms with Crippen molar-refractivity contribution in [2.75, 3.05) is 0 Å². The summed E-state index contributed by atoms with van der Waals surface area (Å²) in [4.78, 5) is 8.43. The number of nitrogens with zero attached hydrogens (tertiary/aromatic N) is 2. The van der Waals surface area contributed by atoms with E-state index in [4.69, 9.17) is 11.6 Å². The third-order valence-corrected chi connectivity index (χ3v) is 3.22. The van der Waals surface area contributed by atoms with E-state index in [1.165, 1.54) is 17.5 Å². The summed E-state index contributed by atoms with van der Waals surface area (Å²) in [5.74, 6) is 0. The van der Waals surface area contributed by atoms with Gasteiger partial charge in [-0.3, -0.25) is 0 Å². The second kappa shape index (κ2) is 4.84. The van der Waals surface area contributed by atoms with Crippen molar-refractivity contribution >= 4 is 11.6 Å². The van der Waals surface area contributed by atoms with E-state index in [9.17, 15) is 0 Å². The monoisotopic (exact) mass is 246 g/mol. The molecule has 2 aromatic rings. The normalized spacial score (nSPS) is 10.6. The van der Waals surface area contributed by atoms with E-state index in [0.717, 1.165) is 23.2 Å². The van der Waals surface area contributed by atoms with Crippen LogP contribution < -0.4 is 0 Å². The van der Waals surface area contributed by atoms with Crippen LogP contribution >= 0.6 is 11.6 Å². The molecule has 2 rings (SSSR count). The molecule has 0 aliphatic rings. The Balaban J connectivity index is 2.68. The first-order valence-electron chi connectivity index (χ1n) is 5.70. The Kier molecular flexibility index (Phi) is 3.43. The van der Waals surface area contributed by atoms with Crippen molar-refractivity contribution in [2.24, 2.45) is 0 Å². The molecule has 0 unspecified atom stereocenters. The van der Waals surface area contributed by atoms with Crippen molar-refractivity contribution < 1.29 is 0 Å². The summed E-state index contributed by atoms with van der Waals surface area (Å²) in [7, 11) is 0. The molecule has 0 amide bonds. The van der Waals surface area contributed by atoms with Crippen LogP contribution in [0.3, 0.4) is 0 Å². The minimum absolute atomic E-state index is 0.554. The van der Waals surface area contributed by atoms with Crippen LogP contribution in [-0.2, 0) is 6.42 Å². The molecule has 0 saturated heterocycles. The van der Waals surface area contributed by atoms with Crippen molar-refractivity contribution in [1.82, 2.24) is 9.97 Å². The highest BCUT2D eigenvalue weighted by Crippen LogP contribution is 2.29. The lowest BCUT2D eigenvalue weighted by Crippen LogP contribution is -1.97. The maximum Gasteiger partial charge on any atom is 0.136 e. The average molecular weight is 247 g/mol. The van der Waals surface area contributed by atoms with E-state index in [2.05, 4.69) is 48.9 Å². The fourth-order valence-corrected chi connectivity index (χ4v) is 2.19. The molecule has 0 aliphatic carbocycles. The highest BCUT2D eigenvalue weighted by molar-refractivity contribution is 6.30. The van der Waals surface area contributed by atoms with Crippen molar-refractivity contribution in [1.29, 1.82) is 0 Å². The van der Waals surface area contributed by atoms with E-state index < -0.39 is 0 Å². The molecule has 0 radical (unpaired) electrons. The summed E-state index contributed by atoms with van der Waals surface area (Å²) in [5.41, 5.74) is 5.55. The molecule has 0 saturated carbocycles. The molecule has 1 aromatic carbocycles. The average Bonchev–Trinajstić information content (AvgIpc) is 2.32. The van der Waals surface area contributed by atoms with Gasteiger partial charge in [0.25, 0.3) is 0 Å². The lowest BCUT2D eigenvalue weighted by molar-refractivity contribution is 1.05. The van der Waals surface area contributed by atoms with Gasteiger partial charge < -0.3 is 0 Å². The van der Waals surface area contributed by atoms with Gasteiger partial charge in [0.15, 0.2) is 0 Å². The Hall–Kier alpha value is -1.41. The van der Waals surface area contributed by atoms with Gasteiger partial charge in [-0.25, -0.2) is 9.97 Å². The van der Waals surface area contributed by atoms with Crippen LogP contribution in [0.25, 0.3) is 11.3 Å². The summed E-state index contributed by atoms with van der Waals surface area (Å²) in [6.07, 6.45) is 2.36. The summed E-state index contributed by atoms with van der Waals surface area (Å²) >= 11 is 6.12. The Morgan fingerprint density at radius 3 is 2.65 bits per heavy atom. The molecule has 88 valence electrons. The second-order valence-corrected chi connectivity index (χ2v) is 4.52. The topological polar surface area (TPSA) is 25.8 Å². The van der Waals surface area contributed by atoms with Crippen molar-refractivity contribution in [3.63, 3.8) is 0 Å². The Labute approximate surface area is 107 Å². The Morgan fingerprint density at radius 1 is 1.18 bits per heavy atom. The third-order valence-electron chi connectivity index (χ3n) is 2.89. The lowest BCUT2D eigenvalue weighted by atomic mass is 9.99. The smallest absolute Gasteiger partial charge is 0.136 e. The summed E-state index contributed by atoms with van der Waals surface area (Å²) < 4.78 is 0. The van der Waals surface area contributed by atoms with Crippen molar-refractivity contribution in [2.45, 2.75) is 27.2 Å². The van der Waals surface area contributed by atoms with Gasteiger partial charge in [-0.15, -0.1) is 0 Å². The van der Waals surface area contributed by atoms with Crippen molar-refractivity contribution in [3.05, 3.63) is 46.4 Å². The molecule has 0 bridgehead atoms. The highest BCUT2D eigenvalue weighted by atomic mass is 35.5. The van der Waals surface area contributed by atoms with Gasteiger partial charge in [0, 0.05) is 11.1 Å². The molecule has 2 nitrogen and oxygen atoms in total. The highest BCUT2D eigenvalue weighted by Gasteiger charge is 2.12. The molecule has 17 heavy (non-hydrogen) atoms. The summed E-state index contributed by atoms with van der Waals surface area (Å²) in [5, 5.41) is 0.554. The molecular formula is C14H15ClN2. The zero-order valence-corrected chi connectivity index (χ0v) is 11.0. The number of hydrogen-bond acceptors (Lipinski definition) is 2. The number of halogens is 1. The Morgan fingerprint density at radius 2 is 1.94 bits per heavy atom. The van der Waals surface area contributed by atoms with Gasteiger partial charge in [-0.1, -0.05) is 36.2 Å². The molecule has 0 aliphatic heterocycles. The zero-order chi connectivity index (χ0) is 12.4. The van der Waals surface area contributed by atoms with Crippen molar-refractivity contribution in [3.8, 4) is 11.3 Å². The summed E-state index contributed by atoms with van der Waals surface area (Å²) in [6, 6.07) is 6.36. The molecule has 0 fully saturated rings. The van der Waals surface area contributed by atoms with Crippen LogP contribution in [0.2, 0.25) is 5.15 Å². The molecule has 0 atom stereocenters. The fraction of sp³-hybridized carbons (Fsp3) is 0.286. The van der Waals surface area contributed by atoms with Gasteiger partial charge >= 0.3 is 0 Å². The quantitative estimate of drug-likeness (QED) is 0.750. The molecule has 0 N–H and O–H groups in total. The minimum Gasteiger partial charge on any atom is -0.236 e. The minimum atomic E-state index is 0.554. The first kappa shape index (κ1) is 12.1. The number of benzene rings is 1. The molecule has 3 heteroatoms. The number of rotatable bonds is 2. The standard InChI is InChI=1S/C14H15ClN2/c1-4-11-13(16-8-17-14(11)15)12-7-9(2)5-6-10(12)3/h5-8H,4H2,1-3H3. The number of aryl methyl sites for hydroxylation is 2. The van der Waals surface area contributed by atoms with Crippen LogP contribution in [-0.4, -0.2) is 9.97 Å². The first-order chi connectivity index (χ1) is 8.13. The number of aromatic nitrogens is 2. The lowest BCUT2D eigenvalue weighted by Gasteiger charge is -2.11. The predicted molar refractivity (Wildman–Crippen MR) is 71.3 cm³/mol. The van der Waals surface area contributed by atoms with Gasteiger partial charge in [-0.2, -0.15) is 0 Å². The van der Waals surface area contributed by atoms with Crippen LogP contribution in [0.1, 0.15) is 23.6 Å². The van der Waals surface area contributed by atoms with Gasteiger partial charge in [0.2, 0.25) is 0 Å². The van der Waals surface area contributed by atoms with Gasteiger partial charge in [0.1, 0.15) is 11.5 Å². The molecular weight excluding hydrogens is 232 g/mol. The Bertz CT molecular complexity index is 550. The van der Waals surface area contributed by atoms with Gasteiger partial charge in [0.05, 0.1) is 5.69 Å². The van der Waals surface area contributed by atoms with Crippen LogP contribution in [0.15, 0.2) is 24.5 Å². The maximum absolute atomic E-state index is 6.12. The van der Waals surface area contributed by atoms with E-state index in [1.807, 2.05) is 0 Å². The maximum atomic E-state index is 6.12. The zero-order valence-electron chi connectivity index (χ0n) is 10.3. The largest absolute Gasteiger partial charge is 0.236 e. The molecule has 0 spiro atoms. The van der Waals surface area contributed by atoms with Gasteiger partial charge in [-0.05, 0) is 31.9 Å². The van der Waals surface area contributed by atoms with Crippen LogP contribution in [0, 0.1) is 13.8 Å². The summed E-state index contributed by atoms with van der Waals surface area (Å²) in [6.45, 7) is 6.24. The molecule has 1 aromatic heterocycles. The first-order valence-corrected chi connectivity index (χ1v) is 6.08. The third kappa shape index (κ3) is 2.32.